The molecule has 0 saturated heterocycles. The van der Waals surface area contributed by atoms with Gasteiger partial charge in [0.1, 0.15) is 0 Å². The average molecular weight is 361 g/mol. The van der Waals surface area contributed by atoms with Gasteiger partial charge in [0.15, 0.2) is 0 Å². The van der Waals surface area contributed by atoms with Gasteiger partial charge in [-0.25, -0.2) is 13.1 Å². The number of rotatable bonds is 4. The van der Waals surface area contributed by atoms with Crippen LogP contribution in [0.5, 0.6) is 0 Å². The van der Waals surface area contributed by atoms with E-state index in [1.165, 1.54) is 6.07 Å². The molecule has 6 heteroatoms. The Labute approximate surface area is 129 Å². The molecule has 1 aliphatic rings. The van der Waals surface area contributed by atoms with E-state index in [1.807, 2.05) is 0 Å². The maximum atomic E-state index is 12.3. The van der Waals surface area contributed by atoms with Crippen LogP contribution in [0.2, 0.25) is 0 Å². The topological polar surface area (TPSA) is 72.2 Å². The summed E-state index contributed by atoms with van der Waals surface area (Å²) in [7, 11) is -3.52. The largest absolute Gasteiger partial charge is 0.399 e. The summed E-state index contributed by atoms with van der Waals surface area (Å²) in [6.07, 6.45) is 0. The van der Waals surface area contributed by atoms with Crippen LogP contribution in [0.25, 0.3) is 0 Å². The molecule has 0 bridgehead atoms. The summed E-state index contributed by atoms with van der Waals surface area (Å²) >= 11 is 3.25. The number of hydrogen-bond acceptors (Lipinski definition) is 3. The lowest BCUT2D eigenvalue weighted by atomic mass is 10.0. The van der Waals surface area contributed by atoms with Gasteiger partial charge in [-0.05, 0) is 50.9 Å². The fraction of sp³-hybridized carbons (Fsp3) is 0.571. The highest BCUT2D eigenvalue weighted by molar-refractivity contribution is 9.10. The Kier molecular flexibility index (Phi) is 3.72. The fourth-order valence-corrected chi connectivity index (χ4v) is 4.99. The molecule has 0 aliphatic heterocycles. The standard InChI is InChI=1S/C14H21BrN2O2S/c1-13(2)12(14(13,3)4)8-17-20(18,19)11-6-5-9(16)7-10(11)15/h5-7,12,17H,8,16H2,1-4H3. The lowest BCUT2D eigenvalue weighted by Gasteiger charge is -2.10. The van der Waals surface area contributed by atoms with Crippen molar-refractivity contribution in [1.82, 2.24) is 4.72 Å². The first-order valence-corrected chi connectivity index (χ1v) is 8.82. The van der Waals surface area contributed by atoms with Crippen molar-refractivity contribution in [3.05, 3.63) is 22.7 Å². The van der Waals surface area contributed by atoms with E-state index < -0.39 is 10.0 Å². The molecular formula is C14H21BrN2O2S. The van der Waals surface area contributed by atoms with Crippen molar-refractivity contribution in [2.24, 2.45) is 16.7 Å². The van der Waals surface area contributed by atoms with Gasteiger partial charge in [-0.15, -0.1) is 0 Å². The molecule has 0 aromatic heterocycles. The number of sulfonamides is 1. The van der Waals surface area contributed by atoms with Crippen LogP contribution in [-0.4, -0.2) is 15.0 Å². The zero-order chi connectivity index (χ0) is 15.3. The number of benzene rings is 1. The molecule has 4 nitrogen and oxygen atoms in total. The van der Waals surface area contributed by atoms with Gasteiger partial charge in [0.2, 0.25) is 10.0 Å². The highest BCUT2D eigenvalue weighted by Gasteiger charge is 2.64. The van der Waals surface area contributed by atoms with Gasteiger partial charge >= 0.3 is 0 Å². The van der Waals surface area contributed by atoms with Crippen LogP contribution in [0.4, 0.5) is 5.69 Å². The summed E-state index contributed by atoms with van der Waals surface area (Å²) in [4.78, 5) is 0.225. The Balaban J connectivity index is 2.14. The summed E-state index contributed by atoms with van der Waals surface area (Å²) in [6, 6.07) is 4.70. The smallest absolute Gasteiger partial charge is 0.241 e. The minimum atomic E-state index is -3.52. The molecule has 0 heterocycles. The molecule has 20 heavy (non-hydrogen) atoms. The quantitative estimate of drug-likeness (QED) is 0.810. The molecule has 3 N–H and O–H groups in total. The Morgan fingerprint density at radius 3 is 2.25 bits per heavy atom. The van der Waals surface area contributed by atoms with Crippen LogP contribution in [-0.2, 0) is 10.0 Å². The molecule has 0 unspecified atom stereocenters. The zero-order valence-corrected chi connectivity index (χ0v) is 14.6. The van der Waals surface area contributed by atoms with Crippen LogP contribution in [0.15, 0.2) is 27.6 Å². The monoisotopic (exact) mass is 360 g/mol. The first-order chi connectivity index (χ1) is 9.00. The van der Waals surface area contributed by atoms with Crippen LogP contribution in [0, 0.1) is 16.7 Å². The van der Waals surface area contributed by atoms with E-state index in [9.17, 15) is 8.42 Å². The van der Waals surface area contributed by atoms with Gasteiger partial charge in [0, 0.05) is 16.7 Å². The molecule has 1 aromatic rings. The molecule has 0 amide bonds. The maximum absolute atomic E-state index is 12.3. The van der Waals surface area contributed by atoms with Crippen molar-refractivity contribution in [1.29, 1.82) is 0 Å². The predicted molar refractivity (Wildman–Crippen MR) is 84.8 cm³/mol. The highest BCUT2D eigenvalue weighted by Crippen LogP contribution is 2.67. The Hall–Kier alpha value is -0.590. The third-order valence-corrected chi connectivity index (χ3v) is 7.44. The molecule has 0 atom stereocenters. The first-order valence-electron chi connectivity index (χ1n) is 6.55. The third-order valence-electron chi connectivity index (χ3n) is 5.04. The number of halogens is 1. The van der Waals surface area contributed by atoms with Gasteiger partial charge in [-0.2, -0.15) is 0 Å². The third kappa shape index (κ3) is 2.49. The second-order valence-electron chi connectivity index (χ2n) is 6.54. The molecule has 2 rings (SSSR count). The van der Waals surface area contributed by atoms with Crippen LogP contribution in [0.1, 0.15) is 27.7 Å². The number of nitrogens with two attached hydrogens (primary N) is 1. The van der Waals surface area contributed by atoms with Crippen molar-refractivity contribution in [2.75, 3.05) is 12.3 Å². The van der Waals surface area contributed by atoms with E-state index in [-0.39, 0.29) is 15.7 Å². The van der Waals surface area contributed by atoms with Gasteiger partial charge in [-0.3, -0.25) is 0 Å². The second kappa shape index (κ2) is 4.71. The number of nitrogen functional groups attached to an aromatic ring is 1. The van der Waals surface area contributed by atoms with Gasteiger partial charge in [-0.1, -0.05) is 27.7 Å². The van der Waals surface area contributed by atoms with Crippen LogP contribution in [0.3, 0.4) is 0 Å². The SMILES string of the molecule is CC1(C)C(CNS(=O)(=O)c2ccc(N)cc2Br)C1(C)C. The van der Waals surface area contributed by atoms with E-state index in [0.29, 0.717) is 22.6 Å². The van der Waals surface area contributed by atoms with E-state index in [4.69, 9.17) is 5.73 Å². The molecule has 0 radical (unpaired) electrons. The van der Waals surface area contributed by atoms with Gasteiger partial charge in [0.05, 0.1) is 4.90 Å². The van der Waals surface area contributed by atoms with Crippen LogP contribution >= 0.6 is 15.9 Å². The first kappa shape index (κ1) is 15.8. The fourth-order valence-electron chi connectivity index (χ4n) is 2.85. The average Bonchev–Trinajstić information content (AvgIpc) is 2.66. The number of anilines is 1. The zero-order valence-electron chi connectivity index (χ0n) is 12.2. The summed E-state index contributed by atoms with van der Waals surface area (Å²) in [5.41, 5.74) is 6.48. The molecule has 1 saturated carbocycles. The van der Waals surface area contributed by atoms with Crippen molar-refractivity contribution >= 4 is 31.6 Å². The van der Waals surface area contributed by atoms with Crippen molar-refractivity contribution in [2.45, 2.75) is 32.6 Å². The van der Waals surface area contributed by atoms with E-state index in [2.05, 4.69) is 48.3 Å². The van der Waals surface area contributed by atoms with Crippen molar-refractivity contribution in [3.63, 3.8) is 0 Å². The predicted octanol–water partition coefficient (Wildman–Crippen LogP) is 2.99. The minimum absolute atomic E-state index is 0.161. The summed E-state index contributed by atoms with van der Waals surface area (Å²) < 4.78 is 27.9. The summed E-state index contributed by atoms with van der Waals surface area (Å²) in [6.45, 7) is 9.14. The molecule has 1 aliphatic carbocycles. The lowest BCUT2D eigenvalue weighted by Crippen LogP contribution is -2.27. The van der Waals surface area contributed by atoms with Crippen molar-refractivity contribution in [3.8, 4) is 0 Å². The summed E-state index contributed by atoms with van der Waals surface area (Å²) in [5, 5.41) is 0. The van der Waals surface area contributed by atoms with Crippen LogP contribution < -0.4 is 10.5 Å². The highest BCUT2D eigenvalue weighted by atomic mass is 79.9. The normalized spacial score (nSPS) is 20.9. The molecular weight excluding hydrogens is 340 g/mol. The number of nitrogens with one attached hydrogen (secondary N) is 1. The molecule has 1 fully saturated rings. The minimum Gasteiger partial charge on any atom is -0.399 e. The Bertz CT molecular complexity index is 625. The summed E-state index contributed by atoms with van der Waals surface area (Å²) in [5.74, 6) is 0.345. The second-order valence-corrected chi connectivity index (χ2v) is 9.13. The molecule has 0 spiro atoms. The van der Waals surface area contributed by atoms with Crippen molar-refractivity contribution < 1.29 is 8.42 Å². The Morgan fingerprint density at radius 1 is 1.25 bits per heavy atom. The molecule has 112 valence electrons. The Morgan fingerprint density at radius 2 is 1.80 bits per heavy atom. The number of hydrogen-bond donors (Lipinski definition) is 2. The molecule has 1 aromatic carbocycles. The van der Waals surface area contributed by atoms with E-state index in [1.54, 1.807) is 12.1 Å². The maximum Gasteiger partial charge on any atom is 0.241 e. The van der Waals surface area contributed by atoms with E-state index >= 15 is 0 Å². The lowest BCUT2D eigenvalue weighted by molar-refractivity contribution is 0.457. The van der Waals surface area contributed by atoms with E-state index in [0.717, 1.165) is 0 Å². The van der Waals surface area contributed by atoms with Gasteiger partial charge in [0.25, 0.3) is 0 Å². The van der Waals surface area contributed by atoms with Gasteiger partial charge < -0.3 is 5.73 Å².